The van der Waals surface area contributed by atoms with Gasteiger partial charge >= 0.3 is 6.03 Å². The van der Waals surface area contributed by atoms with Gasteiger partial charge < -0.3 is 15.1 Å². The van der Waals surface area contributed by atoms with Crippen LogP contribution < -0.4 is 5.32 Å². The fourth-order valence-corrected chi connectivity index (χ4v) is 4.45. The Bertz CT molecular complexity index is 714. The molecule has 0 unspecified atom stereocenters. The number of fused-ring (bicyclic) bond motifs is 1. The third-order valence-electron chi connectivity index (χ3n) is 4.59. The van der Waals surface area contributed by atoms with Crippen molar-refractivity contribution in [3.8, 4) is 0 Å². The van der Waals surface area contributed by atoms with Gasteiger partial charge in [0.2, 0.25) is 0 Å². The molecule has 1 saturated heterocycles. The molecule has 4 nitrogen and oxygen atoms in total. The predicted octanol–water partition coefficient (Wildman–Crippen LogP) is 3.42. The van der Waals surface area contributed by atoms with E-state index in [1.54, 1.807) is 0 Å². The Balaban J connectivity index is 1.69. The fraction of sp³-hybridized carbons (Fsp3) is 0.450. The van der Waals surface area contributed by atoms with E-state index in [0.29, 0.717) is 6.54 Å². The average Bonchev–Trinajstić information content (AvgIpc) is 2.84. The van der Waals surface area contributed by atoms with E-state index in [2.05, 4.69) is 54.6 Å². The number of carbonyl (C=O) groups excluding carboxylic acids is 1. The van der Waals surface area contributed by atoms with E-state index >= 15 is 0 Å². The molecule has 0 aromatic heterocycles. The van der Waals surface area contributed by atoms with Gasteiger partial charge in [0.15, 0.2) is 0 Å². The van der Waals surface area contributed by atoms with Crippen molar-refractivity contribution in [2.45, 2.75) is 19.0 Å². The minimum atomic E-state index is 0.0577. The smallest absolute Gasteiger partial charge is 0.317 e. The number of thioether (sulfide) groups is 1. The van der Waals surface area contributed by atoms with E-state index in [9.17, 15) is 4.79 Å². The van der Waals surface area contributed by atoms with Crippen LogP contribution in [-0.4, -0.2) is 60.6 Å². The molecule has 2 aromatic carbocycles. The molecule has 25 heavy (non-hydrogen) atoms. The molecule has 0 spiro atoms. The summed E-state index contributed by atoms with van der Waals surface area (Å²) in [5.74, 6) is 2.15. The summed E-state index contributed by atoms with van der Waals surface area (Å²) in [7, 11) is 4.14. The van der Waals surface area contributed by atoms with Crippen molar-refractivity contribution in [2.75, 3.05) is 38.7 Å². The summed E-state index contributed by atoms with van der Waals surface area (Å²) >= 11 is 1.95. The molecule has 0 saturated carbocycles. The summed E-state index contributed by atoms with van der Waals surface area (Å²) in [6.45, 7) is 2.32. The summed E-state index contributed by atoms with van der Waals surface area (Å²) in [6.07, 6.45) is 1.07. The number of benzene rings is 2. The Kier molecular flexibility index (Phi) is 6.21. The monoisotopic (exact) mass is 357 g/mol. The Hall–Kier alpha value is -1.72. The zero-order chi connectivity index (χ0) is 17.6. The zero-order valence-electron chi connectivity index (χ0n) is 15.1. The van der Waals surface area contributed by atoms with Gasteiger partial charge in [-0.2, -0.15) is 11.8 Å². The first-order chi connectivity index (χ1) is 12.1. The molecule has 1 atom stereocenters. The number of urea groups is 1. The summed E-state index contributed by atoms with van der Waals surface area (Å²) in [5, 5.41) is 5.57. The van der Waals surface area contributed by atoms with E-state index in [4.69, 9.17) is 0 Å². The van der Waals surface area contributed by atoms with Crippen LogP contribution in [0.15, 0.2) is 42.5 Å². The first-order valence-corrected chi connectivity index (χ1v) is 10.0. The molecule has 1 heterocycles. The van der Waals surface area contributed by atoms with Crippen molar-refractivity contribution in [1.29, 1.82) is 0 Å². The lowest BCUT2D eigenvalue weighted by atomic mass is 10.0. The second kappa shape index (κ2) is 8.59. The number of rotatable bonds is 4. The number of amides is 2. The highest BCUT2D eigenvalue weighted by molar-refractivity contribution is 7.99. The molecule has 1 fully saturated rings. The van der Waals surface area contributed by atoms with Gasteiger partial charge in [-0.1, -0.05) is 42.5 Å². The standard InChI is InChI=1S/C20H27N3OS/c1-22(2)14-18-15-25-12-6-11-23(18)20(24)21-13-17-9-5-8-16-7-3-4-10-19(16)17/h3-5,7-10,18H,6,11-15H2,1-2H3,(H,21,24)/t18-/m1/s1. The first kappa shape index (κ1) is 18.1. The highest BCUT2D eigenvalue weighted by Crippen LogP contribution is 2.19. The van der Waals surface area contributed by atoms with E-state index in [1.807, 2.05) is 28.8 Å². The van der Waals surface area contributed by atoms with Crippen LogP contribution in [0, 0.1) is 0 Å². The maximum absolute atomic E-state index is 12.8. The molecule has 5 heteroatoms. The van der Waals surface area contributed by atoms with Gasteiger partial charge in [0.1, 0.15) is 0 Å². The molecule has 134 valence electrons. The third kappa shape index (κ3) is 4.67. The summed E-state index contributed by atoms with van der Waals surface area (Å²) < 4.78 is 0. The van der Waals surface area contributed by atoms with Gasteiger partial charge in [-0.15, -0.1) is 0 Å². The Labute approximate surface area is 154 Å². The maximum Gasteiger partial charge on any atom is 0.317 e. The Morgan fingerprint density at radius 2 is 2.04 bits per heavy atom. The van der Waals surface area contributed by atoms with Gasteiger partial charge in [0.05, 0.1) is 6.04 Å². The number of carbonyl (C=O) groups is 1. The van der Waals surface area contributed by atoms with Crippen molar-refractivity contribution < 1.29 is 4.79 Å². The van der Waals surface area contributed by atoms with Crippen LogP contribution in [0.5, 0.6) is 0 Å². The molecule has 2 aromatic rings. The van der Waals surface area contributed by atoms with Crippen LogP contribution in [0.2, 0.25) is 0 Å². The molecule has 3 rings (SSSR count). The van der Waals surface area contributed by atoms with Crippen LogP contribution in [0.3, 0.4) is 0 Å². The minimum absolute atomic E-state index is 0.0577. The minimum Gasteiger partial charge on any atom is -0.334 e. The van der Waals surface area contributed by atoms with Crippen LogP contribution in [0.1, 0.15) is 12.0 Å². The lowest BCUT2D eigenvalue weighted by Crippen LogP contribution is -2.50. The van der Waals surface area contributed by atoms with Gasteiger partial charge in [-0.3, -0.25) is 0 Å². The Morgan fingerprint density at radius 1 is 1.24 bits per heavy atom. The second-order valence-corrected chi connectivity index (χ2v) is 7.98. The second-order valence-electron chi connectivity index (χ2n) is 6.83. The zero-order valence-corrected chi connectivity index (χ0v) is 15.9. The SMILES string of the molecule is CN(C)C[C@@H]1CSCCCN1C(=O)NCc1cccc2ccccc12. The quantitative estimate of drug-likeness (QED) is 0.911. The highest BCUT2D eigenvalue weighted by atomic mass is 32.2. The number of nitrogens with zero attached hydrogens (tertiary/aromatic N) is 2. The highest BCUT2D eigenvalue weighted by Gasteiger charge is 2.26. The lowest BCUT2D eigenvalue weighted by molar-refractivity contribution is 0.168. The fourth-order valence-electron chi connectivity index (χ4n) is 3.39. The third-order valence-corrected chi connectivity index (χ3v) is 5.78. The van der Waals surface area contributed by atoms with Crippen molar-refractivity contribution in [2.24, 2.45) is 0 Å². The largest absolute Gasteiger partial charge is 0.334 e. The summed E-state index contributed by atoms with van der Waals surface area (Å²) in [5.41, 5.74) is 1.17. The predicted molar refractivity (Wildman–Crippen MR) is 107 cm³/mol. The summed E-state index contributed by atoms with van der Waals surface area (Å²) in [6, 6.07) is 14.9. The molecule has 0 bridgehead atoms. The number of hydrogen-bond donors (Lipinski definition) is 1. The molecule has 1 N–H and O–H groups in total. The lowest BCUT2D eigenvalue weighted by Gasteiger charge is -2.31. The van der Waals surface area contributed by atoms with Gasteiger partial charge in [-0.05, 0) is 42.6 Å². The van der Waals surface area contributed by atoms with Crippen LogP contribution in [0.25, 0.3) is 10.8 Å². The average molecular weight is 358 g/mol. The molecule has 1 aliphatic rings. The van der Waals surface area contributed by atoms with Crippen LogP contribution >= 0.6 is 11.8 Å². The molecule has 2 amide bonds. The van der Waals surface area contributed by atoms with E-state index in [0.717, 1.165) is 31.0 Å². The van der Waals surface area contributed by atoms with E-state index in [1.165, 1.54) is 16.3 Å². The Morgan fingerprint density at radius 3 is 2.88 bits per heavy atom. The molecule has 0 aliphatic carbocycles. The van der Waals surface area contributed by atoms with Crippen LogP contribution in [0.4, 0.5) is 4.79 Å². The summed E-state index contributed by atoms with van der Waals surface area (Å²) in [4.78, 5) is 17.0. The van der Waals surface area contributed by atoms with Gasteiger partial charge in [-0.25, -0.2) is 4.79 Å². The number of likely N-dealkylation sites (N-methyl/N-ethyl adjacent to an activating group) is 1. The van der Waals surface area contributed by atoms with Gasteiger partial charge in [0.25, 0.3) is 0 Å². The number of hydrogen-bond acceptors (Lipinski definition) is 3. The number of nitrogens with one attached hydrogen (secondary N) is 1. The normalized spacial score (nSPS) is 18.4. The van der Waals surface area contributed by atoms with Crippen molar-refractivity contribution in [3.63, 3.8) is 0 Å². The topological polar surface area (TPSA) is 35.6 Å². The van der Waals surface area contributed by atoms with Crippen LogP contribution in [-0.2, 0) is 6.54 Å². The van der Waals surface area contributed by atoms with Crippen molar-refractivity contribution in [1.82, 2.24) is 15.1 Å². The molecular formula is C20H27N3OS. The van der Waals surface area contributed by atoms with Crippen molar-refractivity contribution >= 4 is 28.6 Å². The first-order valence-electron chi connectivity index (χ1n) is 8.89. The molecule has 1 aliphatic heterocycles. The molecule has 0 radical (unpaired) electrons. The molecular weight excluding hydrogens is 330 g/mol. The van der Waals surface area contributed by atoms with E-state index in [-0.39, 0.29) is 12.1 Å². The van der Waals surface area contributed by atoms with Crippen molar-refractivity contribution in [3.05, 3.63) is 48.0 Å². The van der Waals surface area contributed by atoms with Gasteiger partial charge in [0, 0.05) is 25.4 Å². The maximum atomic E-state index is 12.8. The van der Waals surface area contributed by atoms with E-state index < -0.39 is 0 Å².